The number of nitrogens with zero attached hydrogens (tertiary/aromatic N) is 3. The first-order valence-corrected chi connectivity index (χ1v) is 14.4. The Morgan fingerprint density at radius 3 is 2.64 bits per heavy atom. The van der Waals surface area contributed by atoms with E-state index in [-0.39, 0.29) is 40.6 Å². The van der Waals surface area contributed by atoms with Crippen LogP contribution in [0.1, 0.15) is 48.7 Å². The molecule has 1 aromatic heterocycles. The summed E-state index contributed by atoms with van der Waals surface area (Å²) in [6.45, 7) is 6.67. The number of ether oxygens (including phenoxy) is 1. The zero-order chi connectivity index (χ0) is 29.9. The van der Waals surface area contributed by atoms with Gasteiger partial charge in [-0.25, -0.2) is 13.9 Å². The van der Waals surface area contributed by atoms with Gasteiger partial charge in [-0.3, -0.25) is 9.69 Å². The lowest BCUT2D eigenvalue weighted by atomic mass is 9.77. The maximum absolute atomic E-state index is 16.0. The Morgan fingerprint density at radius 1 is 1.17 bits per heavy atom. The summed E-state index contributed by atoms with van der Waals surface area (Å²) in [6.07, 6.45) is 0. The van der Waals surface area contributed by atoms with E-state index in [0.717, 1.165) is 0 Å². The molecule has 0 unspecified atom stereocenters. The van der Waals surface area contributed by atoms with Crippen LogP contribution in [0.25, 0.3) is 10.9 Å². The third kappa shape index (κ3) is 4.51. The lowest BCUT2D eigenvalue weighted by molar-refractivity contribution is -0.127. The summed E-state index contributed by atoms with van der Waals surface area (Å²) < 4.78 is 24.0. The number of hydrogen-bond acceptors (Lipinski definition) is 5. The van der Waals surface area contributed by atoms with Crippen molar-refractivity contribution in [3.63, 3.8) is 0 Å². The molecule has 8 nitrogen and oxygen atoms in total. The molecule has 3 heterocycles. The summed E-state index contributed by atoms with van der Waals surface area (Å²) >= 11 is 12.5. The highest BCUT2D eigenvalue weighted by Gasteiger charge is 2.63. The Balaban J connectivity index is 1.58. The number of fused-ring (bicyclic) bond motifs is 5. The smallest absolute Gasteiger partial charge is 0.335 e. The molecule has 0 radical (unpaired) electrons. The van der Waals surface area contributed by atoms with E-state index in [4.69, 9.17) is 33.0 Å². The number of hydrogen-bond donors (Lipinski definition) is 2. The normalized spacial score (nSPS) is 23.5. The van der Waals surface area contributed by atoms with Gasteiger partial charge >= 0.3 is 5.97 Å². The zero-order valence-electron chi connectivity index (χ0n) is 23.1. The Labute approximate surface area is 252 Å². The fourth-order valence-electron chi connectivity index (χ4n) is 6.54. The first-order valence-electron chi connectivity index (χ1n) is 13.7. The molecule has 1 amide bonds. The Morgan fingerprint density at radius 2 is 1.93 bits per heavy atom. The number of benzene rings is 3. The summed E-state index contributed by atoms with van der Waals surface area (Å²) in [4.78, 5) is 28.2. The molecule has 42 heavy (non-hydrogen) atoms. The topological polar surface area (TPSA) is 96.7 Å². The molecular weight excluding hydrogens is 582 g/mol. The van der Waals surface area contributed by atoms with Crippen molar-refractivity contribution < 1.29 is 23.8 Å². The van der Waals surface area contributed by atoms with Crippen LogP contribution in [-0.2, 0) is 4.79 Å². The number of rotatable bonds is 6. The van der Waals surface area contributed by atoms with Crippen molar-refractivity contribution in [2.75, 3.05) is 18.5 Å². The first kappa shape index (κ1) is 28.5. The summed E-state index contributed by atoms with van der Waals surface area (Å²) in [7, 11) is 0. The molecule has 0 saturated carbocycles. The van der Waals surface area contributed by atoms with E-state index in [2.05, 4.69) is 24.1 Å². The minimum absolute atomic E-state index is 0.0482. The van der Waals surface area contributed by atoms with E-state index in [1.54, 1.807) is 47.1 Å². The number of carboxylic acids is 1. The van der Waals surface area contributed by atoms with Gasteiger partial charge in [0, 0.05) is 23.2 Å². The van der Waals surface area contributed by atoms with Crippen LogP contribution in [0.2, 0.25) is 10.0 Å². The maximum atomic E-state index is 16.0. The molecule has 0 bridgehead atoms. The van der Waals surface area contributed by atoms with Crippen molar-refractivity contribution in [1.29, 1.82) is 0 Å². The van der Waals surface area contributed by atoms with E-state index in [9.17, 15) is 14.7 Å². The van der Waals surface area contributed by atoms with E-state index >= 15 is 4.39 Å². The third-order valence-electron chi connectivity index (χ3n) is 8.33. The number of halogens is 3. The Hall–Kier alpha value is -3.66. The molecule has 2 N–H and O–H groups in total. The minimum Gasteiger partial charge on any atom is -0.478 e. The monoisotopic (exact) mass is 610 g/mol. The molecular formula is C31H29Cl2FN4O4. The lowest BCUT2D eigenvalue weighted by Gasteiger charge is -2.40. The van der Waals surface area contributed by atoms with Crippen LogP contribution in [0.4, 0.5) is 10.1 Å². The van der Waals surface area contributed by atoms with Crippen molar-refractivity contribution in [3.8, 4) is 5.88 Å². The van der Waals surface area contributed by atoms with Crippen LogP contribution in [0.3, 0.4) is 0 Å². The average Bonchev–Trinajstić information content (AvgIpc) is 3.43. The summed E-state index contributed by atoms with van der Waals surface area (Å²) in [6, 6.07) is 15.4. The van der Waals surface area contributed by atoms with Crippen molar-refractivity contribution in [3.05, 3.63) is 87.7 Å². The van der Waals surface area contributed by atoms with Crippen LogP contribution < -0.4 is 10.1 Å². The molecule has 1 fully saturated rings. The summed E-state index contributed by atoms with van der Waals surface area (Å²) in [5.74, 6) is -2.17. The van der Waals surface area contributed by atoms with E-state index in [1.807, 2.05) is 6.92 Å². The Kier molecular flexibility index (Phi) is 7.15. The number of likely N-dealkylation sites (tertiary alicyclic amines) is 1. The second kappa shape index (κ2) is 10.6. The number of carbonyl (C=O) groups is 2. The van der Waals surface area contributed by atoms with Crippen LogP contribution in [0.15, 0.2) is 60.7 Å². The van der Waals surface area contributed by atoms with E-state index in [0.29, 0.717) is 34.0 Å². The van der Waals surface area contributed by atoms with Crippen molar-refractivity contribution >= 4 is 51.7 Å². The summed E-state index contributed by atoms with van der Waals surface area (Å²) in [5.41, 5.74) is 0.0317. The molecule has 6 rings (SSSR count). The van der Waals surface area contributed by atoms with Crippen LogP contribution >= 0.6 is 23.2 Å². The first-order chi connectivity index (χ1) is 20.0. The largest absolute Gasteiger partial charge is 0.478 e. The molecule has 3 aromatic carbocycles. The van der Waals surface area contributed by atoms with Gasteiger partial charge in [-0.15, -0.1) is 0 Å². The van der Waals surface area contributed by atoms with Gasteiger partial charge in [0.05, 0.1) is 33.6 Å². The van der Waals surface area contributed by atoms with Crippen LogP contribution in [0.5, 0.6) is 5.88 Å². The number of anilines is 1. The van der Waals surface area contributed by atoms with Gasteiger partial charge in [-0.2, -0.15) is 5.10 Å². The molecule has 4 atom stereocenters. The average molecular weight is 612 g/mol. The number of nitrogens with one attached hydrogen (secondary N) is 1. The zero-order valence-corrected chi connectivity index (χ0v) is 24.7. The van der Waals surface area contributed by atoms with E-state index < -0.39 is 29.3 Å². The lowest BCUT2D eigenvalue weighted by Crippen LogP contribution is -2.57. The fourth-order valence-corrected chi connectivity index (χ4v) is 6.91. The number of carboxylic acid groups (broad SMARTS) is 1. The van der Waals surface area contributed by atoms with Gasteiger partial charge in [0.2, 0.25) is 11.8 Å². The van der Waals surface area contributed by atoms with Gasteiger partial charge < -0.3 is 15.2 Å². The van der Waals surface area contributed by atoms with Crippen LogP contribution in [-0.4, -0.2) is 56.4 Å². The van der Waals surface area contributed by atoms with Crippen molar-refractivity contribution in [2.45, 2.75) is 44.3 Å². The SMILES string of the molecule is CC(C)CN1[C@H]2COc3c4ccc(C(=O)O)cc4nn3[C@H]2[C@H](c2cccc(Cl)c2F)[C@]1(C)C(=O)Nc1cccc(Cl)c1. The quantitative estimate of drug-likeness (QED) is 0.254. The number of aromatic carboxylic acids is 1. The van der Waals surface area contributed by atoms with Gasteiger partial charge in [0.25, 0.3) is 0 Å². The highest BCUT2D eigenvalue weighted by atomic mass is 35.5. The molecule has 0 spiro atoms. The van der Waals surface area contributed by atoms with Crippen LogP contribution in [0, 0.1) is 11.7 Å². The molecule has 2 aliphatic heterocycles. The maximum Gasteiger partial charge on any atom is 0.335 e. The predicted octanol–water partition coefficient (Wildman–Crippen LogP) is 6.64. The van der Waals surface area contributed by atoms with Gasteiger partial charge in [0.1, 0.15) is 18.0 Å². The number of carbonyl (C=O) groups excluding carboxylic acids is 1. The molecule has 2 aliphatic rings. The summed E-state index contributed by atoms with van der Waals surface area (Å²) in [5, 5.41) is 18.4. The second-order valence-electron chi connectivity index (χ2n) is 11.4. The van der Waals surface area contributed by atoms with Gasteiger partial charge in [-0.05, 0) is 60.9 Å². The van der Waals surface area contributed by atoms with Crippen molar-refractivity contribution in [2.24, 2.45) is 5.92 Å². The van der Waals surface area contributed by atoms with E-state index in [1.165, 1.54) is 18.2 Å². The standard InChI is InChI=1S/C31H29Cl2FN4O4/c1-16(2)14-37-24-15-42-28-20-11-10-17(29(39)40)12-23(20)36-38(28)27(24)25(21-8-5-9-22(33)26(21)34)31(37,3)30(41)35-19-7-4-6-18(32)13-19/h4-13,16,24-25,27H,14-15H2,1-3H3,(H,35,41)(H,39,40)/t24-,25-,27+,31+/m0/s1. The molecule has 4 aromatic rings. The molecule has 1 saturated heterocycles. The van der Waals surface area contributed by atoms with Gasteiger partial charge in [-0.1, -0.05) is 55.2 Å². The molecule has 0 aliphatic carbocycles. The predicted molar refractivity (Wildman–Crippen MR) is 159 cm³/mol. The number of aromatic nitrogens is 2. The van der Waals surface area contributed by atoms with Crippen molar-refractivity contribution in [1.82, 2.24) is 14.7 Å². The Bertz CT molecular complexity index is 1730. The third-order valence-corrected chi connectivity index (χ3v) is 8.86. The minimum atomic E-state index is -1.29. The second-order valence-corrected chi connectivity index (χ2v) is 12.3. The highest BCUT2D eigenvalue weighted by Crippen LogP contribution is 2.56. The molecule has 11 heteroatoms. The molecule has 218 valence electrons. The fraction of sp³-hybridized carbons (Fsp3) is 0.323. The highest BCUT2D eigenvalue weighted by molar-refractivity contribution is 6.31. The number of amides is 1. The van der Waals surface area contributed by atoms with Gasteiger partial charge in [0.15, 0.2) is 0 Å².